The Morgan fingerprint density at radius 3 is 2.21 bits per heavy atom. The average Bonchev–Trinajstić information content (AvgIpc) is 2.40. The zero-order valence-electron chi connectivity index (χ0n) is 12.3. The van der Waals surface area contributed by atoms with Crippen molar-refractivity contribution in [1.82, 2.24) is 0 Å². The molecule has 108 valence electrons. The maximum Gasteiger partial charge on any atom is 0.0642 e. The van der Waals surface area contributed by atoms with Crippen LogP contribution in [0.2, 0.25) is 5.02 Å². The zero-order valence-corrected chi connectivity index (χ0v) is 13.0. The van der Waals surface area contributed by atoms with Gasteiger partial charge in [-0.1, -0.05) is 44.4 Å². The second-order valence-corrected chi connectivity index (χ2v) is 5.43. The van der Waals surface area contributed by atoms with Crippen molar-refractivity contribution < 1.29 is 0 Å². The molecule has 0 radical (unpaired) electrons. The summed E-state index contributed by atoms with van der Waals surface area (Å²) in [7, 11) is 0. The van der Waals surface area contributed by atoms with Gasteiger partial charge < -0.3 is 10.6 Å². The number of unbranched alkanes of at least 4 members (excludes halogenated alkanes) is 2. The number of anilines is 1. The maximum absolute atomic E-state index is 6.44. The Morgan fingerprint density at radius 2 is 1.74 bits per heavy atom. The van der Waals surface area contributed by atoms with E-state index in [1.54, 1.807) is 0 Å². The number of halogens is 1. The van der Waals surface area contributed by atoms with E-state index in [2.05, 4.69) is 36.9 Å². The molecule has 1 aromatic carbocycles. The van der Waals surface area contributed by atoms with Crippen molar-refractivity contribution in [3.8, 4) is 0 Å². The molecule has 1 aromatic rings. The summed E-state index contributed by atoms with van der Waals surface area (Å²) in [5.41, 5.74) is 7.98. The number of hydrogen-bond acceptors (Lipinski definition) is 2. The fourth-order valence-electron chi connectivity index (χ4n) is 2.18. The van der Waals surface area contributed by atoms with Crippen LogP contribution in [-0.4, -0.2) is 19.6 Å². The predicted molar refractivity (Wildman–Crippen MR) is 86.2 cm³/mol. The van der Waals surface area contributed by atoms with Crippen molar-refractivity contribution in [2.45, 2.75) is 46.0 Å². The van der Waals surface area contributed by atoms with E-state index < -0.39 is 0 Å². The van der Waals surface area contributed by atoms with Crippen LogP contribution in [0.4, 0.5) is 5.69 Å². The quantitative estimate of drug-likeness (QED) is 0.734. The van der Waals surface area contributed by atoms with Crippen molar-refractivity contribution in [1.29, 1.82) is 0 Å². The van der Waals surface area contributed by atoms with Crippen molar-refractivity contribution in [3.63, 3.8) is 0 Å². The van der Waals surface area contributed by atoms with Crippen LogP contribution in [0.15, 0.2) is 18.2 Å². The molecule has 1 rings (SSSR count). The predicted octanol–water partition coefficient (Wildman–Crippen LogP) is 4.25. The molecule has 0 fully saturated rings. The molecule has 0 saturated carbocycles. The average molecular weight is 283 g/mol. The summed E-state index contributed by atoms with van der Waals surface area (Å²) in [5.74, 6) is 0. The van der Waals surface area contributed by atoms with E-state index in [9.17, 15) is 0 Å². The third-order valence-electron chi connectivity index (χ3n) is 3.35. The Labute approximate surface area is 122 Å². The fraction of sp³-hybridized carbons (Fsp3) is 0.625. The number of rotatable bonds is 9. The summed E-state index contributed by atoms with van der Waals surface area (Å²) >= 11 is 6.44. The maximum atomic E-state index is 6.44. The zero-order chi connectivity index (χ0) is 14.1. The van der Waals surface area contributed by atoms with Crippen LogP contribution in [0.25, 0.3) is 0 Å². The summed E-state index contributed by atoms with van der Waals surface area (Å²) in [4.78, 5) is 2.42. The molecule has 0 amide bonds. The highest BCUT2D eigenvalue weighted by Crippen LogP contribution is 2.27. The van der Waals surface area contributed by atoms with Gasteiger partial charge in [0, 0.05) is 13.1 Å². The Balaban J connectivity index is 2.81. The molecular weight excluding hydrogens is 256 g/mol. The number of hydrogen-bond donors (Lipinski definition) is 1. The van der Waals surface area contributed by atoms with E-state index in [1.165, 1.54) is 36.9 Å². The van der Waals surface area contributed by atoms with Gasteiger partial charge in [0.15, 0.2) is 0 Å². The van der Waals surface area contributed by atoms with Gasteiger partial charge in [-0.3, -0.25) is 0 Å². The topological polar surface area (TPSA) is 29.3 Å². The highest BCUT2D eigenvalue weighted by Gasteiger charge is 2.10. The van der Waals surface area contributed by atoms with Crippen LogP contribution in [-0.2, 0) is 6.42 Å². The Hall–Kier alpha value is -0.730. The Kier molecular flexibility index (Phi) is 7.92. The minimum atomic E-state index is 0.672. The molecule has 19 heavy (non-hydrogen) atoms. The molecular formula is C16H27ClN2. The standard InChI is InChI=1S/C16H27ClN2/c1-3-5-11-19(12-6-4-2)16-8-7-14(9-10-18)13-15(16)17/h7-8,13H,3-6,9-12,18H2,1-2H3. The fourth-order valence-corrected chi connectivity index (χ4v) is 2.50. The van der Waals surface area contributed by atoms with E-state index in [0.29, 0.717) is 6.54 Å². The van der Waals surface area contributed by atoms with E-state index in [0.717, 1.165) is 24.5 Å². The van der Waals surface area contributed by atoms with Crippen LogP contribution in [0.3, 0.4) is 0 Å². The third-order valence-corrected chi connectivity index (χ3v) is 3.65. The van der Waals surface area contributed by atoms with Crippen molar-refractivity contribution in [2.24, 2.45) is 5.73 Å². The Bertz CT molecular complexity index is 358. The monoisotopic (exact) mass is 282 g/mol. The lowest BCUT2D eigenvalue weighted by molar-refractivity contribution is 0.678. The highest BCUT2D eigenvalue weighted by atomic mass is 35.5. The molecule has 0 bridgehead atoms. The molecule has 0 aliphatic heterocycles. The summed E-state index contributed by atoms with van der Waals surface area (Å²) < 4.78 is 0. The van der Waals surface area contributed by atoms with Gasteiger partial charge in [-0.2, -0.15) is 0 Å². The van der Waals surface area contributed by atoms with Crippen LogP contribution >= 0.6 is 11.6 Å². The minimum Gasteiger partial charge on any atom is -0.370 e. The minimum absolute atomic E-state index is 0.672. The molecule has 0 aromatic heterocycles. The van der Waals surface area contributed by atoms with Crippen molar-refractivity contribution in [2.75, 3.05) is 24.5 Å². The second kappa shape index (κ2) is 9.22. The third kappa shape index (κ3) is 5.42. The van der Waals surface area contributed by atoms with Gasteiger partial charge >= 0.3 is 0 Å². The van der Waals surface area contributed by atoms with Gasteiger partial charge in [0.05, 0.1) is 10.7 Å². The van der Waals surface area contributed by atoms with Gasteiger partial charge in [-0.25, -0.2) is 0 Å². The molecule has 0 spiro atoms. The molecule has 3 heteroatoms. The smallest absolute Gasteiger partial charge is 0.0642 e. The van der Waals surface area contributed by atoms with E-state index in [4.69, 9.17) is 17.3 Å². The first kappa shape index (κ1) is 16.3. The van der Waals surface area contributed by atoms with E-state index in [-0.39, 0.29) is 0 Å². The molecule has 0 aliphatic rings. The molecule has 2 nitrogen and oxygen atoms in total. The summed E-state index contributed by atoms with van der Waals surface area (Å²) in [6.45, 7) is 7.30. The van der Waals surface area contributed by atoms with Crippen molar-refractivity contribution >= 4 is 17.3 Å². The SMILES string of the molecule is CCCCN(CCCC)c1ccc(CCN)cc1Cl. The van der Waals surface area contributed by atoms with Gasteiger partial charge in [-0.05, 0) is 43.5 Å². The lowest BCUT2D eigenvalue weighted by Gasteiger charge is -2.26. The largest absolute Gasteiger partial charge is 0.370 e. The first-order chi connectivity index (χ1) is 9.22. The van der Waals surface area contributed by atoms with Crippen molar-refractivity contribution in [3.05, 3.63) is 28.8 Å². The van der Waals surface area contributed by atoms with Gasteiger partial charge in [-0.15, -0.1) is 0 Å². The van der Waals surface area contributed by atoms with Gasteiger partial charge in [0.25, 0.3) is 0 Å². The van der Waals surface area contributed by atoms with Gasteiger partial charge in [0.2, 0.25) is 0 Å². The molecule has 0 saturated heterocycles. The van der Waals surface area contributed by atoms with E-state index in [1.807, 2.05) is 0 Å². The molecule has 2 N–H and O–H groups in total. The summed E-state index contributed by atoms with van der Waals surface area (Å²) in [6, 6.07) is 6.37. The number of nitrogens with two attached hydrogens (primary N) is 1. The number of nitrogens with zero attached hydrogens (tertiary/aromatic N) is 1. The van der Waals surface area contributed by atoms with E-state index >= 15 is 0 Å². The number of benzene rings is 1. The normalized spacial score (nSPS) is 10.7. The van der Waals surface area contributed by atoms with Crippen LogP contribution in [0.1, 0.15) is 45.1 Å². The lowest BCUT2D eigenvalue weighted by atomic mass is 10.1. The molecule has 0 atom stereocenters. The summed E-state index contributed by atoms with van der Waals surface area (Å²) in [5, 5.41) is 0.859. The molecule has 0 aliphatic carbocycles. The van der Waals surface area contributed by atoms with Crippen LogP contribution < -0.4 is 10.6 Å². The van der Waals surface area contributed by atoms with Gasteiger partial charge in [0.1, 0.15) is 0 Å². The lowest BCUT2D eigenvalue weighted by Crippen LogP contribution is -2.25. The molecule has 0 heterocycles. The summed E-state index contributed by atoms with van der Waals surface area (Å²) in [6.07, 6.45) is 5.75. The van der Waals surface area contributed by atoms with Crippen LogP contribution in [0.5, 0.6) is 0 Å². The highest BCUT2D eigenvalue weighted by molar-refractivity contribution is 6.33. The molecule has 0 unspecified atom stereocenters. The first-order valence-corrected chi connectivity index (χ1v) is 7.84. The van der Waals surface area contributed by atoms with Crippen LogP contribution in [0, 0.1) is 0 Å². The first-order valence-electron chi connectivity index (χ1n) is 7.46. The second-order valence-electron chi connectivity index (χ2n) is 5.02. The Morgan fingerprint density at radius 1 is 1.11 bits per heavy atom.